The molecule has 2 unspecified atom stereocenters. The molecule has 7 atom stereocenters. The number of halogens is 2. The molecule has 3 amide bonds. The van der Waals surface area contributed by atoms with E-state index in [1.165, 1.54) is 26.0 Å². The predicted octanol–water partition coefficient (Wildman–Crippen LogP) is 3.76. The smallest absolute Gasteiger partial charge is 0.409 e. The first-order valence-corrected chi connectivity index (χ1v) is 20.2. The van der Waals surface area contributed by atoms with Gasteiger partial charge in [0.2, 0.25) is 11.8 Å². The van der Waals surface area contributed by atoms with Crippen LogP contribution in [0.25, 0.3) is 0 Å². The summed E-state index contributed by atoms with van der Waals surface area (Å²) in [6.45, 7) is 8.44. The van der Waals surface area contributed by atoms with Gasteiger partial charge < -0.3 is 53.2 Å². The van der Waals surface area contributed by atoms with Crippen molar-refractivity contribution in [2.45, 2.75) is 94.7 Å². The third-order valence-corrected chi connectivity index (χ3v) is 11.0. The Hall–Kier alpha value is -3.29. The number of nitrogens with one attached hydrogen (secondary N) is 2. The highest BCUT2D eigenvalue weighted by Crippen LogP contribution is 2.50. The Kier molecular flexibility index (Phi) is 16.8. The van der Waals surface area contributed by atoms with Gasteiger partial charge in [-0.3, -0.25) is 14.9 Å². The van der Waals surface area contributed by atoms with Gasteiger partial charge in [0.25, 0.3) is 0 Å². The van der Waals surface area contributed by atoms with E-state index in [4.69, 9.17) is 49.5 Å². The van der Waals surface area contributed by atoms with Crippen molar-refractivity contribution in [3.8, 4) is 5.75 Å². The zero-order valence-electron chi connectivity index (χ0n) is 33.5. The minimum atomic E-state index is -1.85. The second kappa shape index (κ2) is 20.6. The Morgan fingerprint density at radius 3 is 2.47 bits per heavy atom. The van der Waals surface area contributed by atoms with Gasteiger partial charge in [-0.1, -0.05) is 51.3 Å². The first-order valence-electron chi connectivity index (χ1n) is 18.7. The van der Waals surface area contributed by atoms with Gasteiger partial charge in [-0.05, 0) is 51.8 Å². The molecular weight excluding hydrogens is 834 g/mol. The Labute approximate surface area is 346 Å². The molecule has 0 radical (unpaired) electrons. The Morgan fingerprint density at radius 1 is 1.12 bits per heavy atom. The minimum absolute atomic E-state index is 0.0722. The van der Waals surface area contributed by atoms with Crippen LogP contribution in [0.15, 0.2) is 35.9 Å². The number of hydrogen-bond acceptors (Lipinski definition) is 13. The van der Waals surface area contributed by atoms with E-state index in [1.54, 1.807) is 45.2 Å². The second-order valence-electron chi connectivity index (χ2n) is 14.7. The summed E-state index contributed by atoms with van der Waals surface area (Å²) in [4.78, 5) is 53.1. The van der Waals surface area contributed by atoms with E-state index in [9.17, 15) is 24.3 Å². The van der Waals surface area contributed by atoms with E-state index in [0.717, 1.165) is 11.1 Å². The van der Waals surface area contributed by atoms with Crippen LogP contribution in [0.3, 0.4) is 0 Å². The average Bonchev–Trinajstić information content (AvgIpc) is 3.15. The summed E-state index contributed by atoms with van der Waals surface area (Å²) in [6, 6.07) is 3.58. The number of amides is 3. The molecule has 4 heterocycles. The maximum absolute atomic E-state index is 14.1. The fourth-order valence-corrected chi connectivity index (χ4v) is 7.63. The van der Waals surface area contributed by atoms with E-state index in [2.05, 4.69) is 26.6 Å². The Morgan fingerprint density at radius 2 is 1.81 bits per heavy atom. The number of ether oxygens (including phenoxy) is 8. The standard InChI is InChI=1S/C39H55BrClN3O13/c1-24-9-8-10-29(51-7)39(49)21-31(56-36(48)43-39)38(4)23-37(3,57-38)30(20-33(46)44(5)27-18-26(17-24)19-28(50-6)34(27)41)55-35(47)25(2)54-16-15-53-14-13-52-12-11-42-32(45)22-40/h8-10,18-19,25,29-31,49H,11-17,20-23H2,1-7H3,(H,42,45)(H,43,48)/b10-8+,24-9+/t25-,29+,30-,31?,37+,38?,39-/m0/s1. The fourth-order valence-electron chi connectivity index (χ4n) is 7.12. The van der Waals surface area contributed by atoms with Crippen molar-refractivity contribution in [3.05, 3.63) is 46.5 Å². The number of anilines is 1. The highest BCUT2D eigenvalue weighted by molar-refractivity contribution is 9.09. The zero-order chi connectivity index (χ0) is 42.0. The molecule has 4 aliphatic heterocycles. The summed E-state index contributed by atoms with van der Waals surface area (Å²) in [7, 11) is 4.49. The molecule has 18 heteroatoms. The van der Waals surface area contributed by atoms with Gasteiger partial charge in [-0.15, -0.1) is 0 Å². The number of carbonyl (C=O) groups excluding carboxylic acids is 4. The molecule has 318 valence electrons. The van der Waals surface area contributed by atoms with E-state index in [1.807, 2.05) is 13.0 Å². The number of alkyl carbamates (subject to hydrolysis) is 1. The van der Waals surface area contributed by atoms with Crippen LogP contribution >= 0.6 is 27.5 Å². The summed E-state index contributed by atoms with van der Waals surface area (Å²) in [6.07, 6.45) is 0.548. The molecule has 2 fully saturated rings. The molecule has 3 N–H and O–H groups in total. The lowest BCUT2D eigenvalue weighted by atomic mass is 9.72. The number of hydrogen-bond donors (Lipinski definition) is 3. The number of fused-ring (bicyclic) bond motifs is 6. The van der Waals surface area contributed by atoms with Crippen LogP contribution in [0.4, 0.5) is 10.5 Å². The van der Waals surface area contributed by atoms with Crippen LogP contribution in [-0.4, -0.2) is 137 Å². The number of esters is 1. The number of allylic oxidation sites excluding steroid dienone is 3. The average molecular weight is 889 g/mol. The lowest BCUT2D eigenvalue weighted by molar-refractivity contribution is -0.328. The molecule has 1 aromatic rings. The first-order chi connectivity index (χ1) is 27.0. The van der Waals surface area contributed by atoms with Gasteiger partial charge >= 0.3 is 12.1 Å². The highest BCUT2D eigenvalue weighted by atomic mass is 79.9. The normalized spacial score (nSPS) is 29.8. The Bertz CT molecular complexity index is 1650. The topological polar surface area (TPSA) is 190 Å². The number of carbonyl (C=O) groups is 4. The molecule has 5 rings (SSSR count). The molecule has 1 aromatic carbocycles. The number of benzene rings is 1. The van der Waals surface area contributed by atoms with E-state index < -0.39 is 59.3 Å². The number of nitrogens with zero attached hydrogens (tertiary/aromatic N) is 1. The first kappa shape index (κ1) is 46.4. The third kappa shape index (κ3) is 12.1. The molecule has 0 saturated carbocycles. The van der Waals surface area contributed by atoms with Crippen molar-refractivity contribution in [1.82, 2.24) is 10.6 Å². The quantitative estimate of drug-likeness (QED) is 0.131. The van der Waals surface area contributed by atoms with E-state index in [-0.39, 0.29) is 55.3 Å². The zero-order valence-corrected chi connectivity index (χ0v) is 35.9. The number of methoxy groups -OCH3 is 2. The van der Waals surface area contributed by atoms with Crippen LogP contribution in [-0.2, 0) is 54.0 Å². The molecular formula is C39H55BrClN3O13. The molecule has 0 spiro atoms. The molecule has 0 aromatic heterocycles. The van der Waals surface area contributed by atoms with Gasteiger partial charge in [-0.25, -0.2) is 9.59 Å². The third-order valence-electron chi connectivity index (χ3n) is 10.1. The number of aliphatic hydroxyl groups is 1. The number of rotatable bonds is 15. The van der Waals surface area contributed by atoms with Crippen molar-refractivity contribution in [2.24, 2.45) is 0 Å². The molecule has 4 aliphatic rings. The fraction of sp³-hybridized carbons (Fsp3) is 0.641. The molecule has 6 bridgehead atoms. The summed E-state index contributed by atoms with van der Waals surface area (Å²) in [5.74, 6) is -0.923. The van der Waals surface area contributed by atoms with Crippen molar-refractivity contribution >= 4 is 57.1 Å². The molecule has 57 heavy (non-hydrogen) atoms. The number of alkyl halides is 1. The summed E-state index contributed by atoms with van der Waals surface area (Å²) < 4.78 is 46.1. The highest BCUT2D eigenvalue weighted by Gasteiger charge is 2.63. The second-order valence-corrected chi connectivity index (χ2v) is 15.7. The van der Waals surface area contributed by atoms with E-state index in [0.29, 0.717) is 37.6 Å². The van der Waals surface area contributed by atoms with Crippen molar-refractivity contribution < 1.29 is 62.2 Å². The molecule has 0 aliphatic carbocycles. The summed E-state index contributed by atoms with van der Waals surface area (Å²) >= 11 is 9.83. The predicted molar refractivity (Wildman–Crippen MR) is 213 cm³/mol. The van der Waals surface area contributed by atoms with Crippen molar-refractivity contribution in [1.29, 1.82) is 0 Å². The van der Waals surface area contributed by atoms with Gasteiger partial charge in [-0.2, -0.15) is 0 Å². The molecule has 16 nitrogen and oxygen atoms in total. The monoisotopic (exact) mass is 887 g/mol. The van der Waals surface area contributed by atoms with Gasteiger partial charge in [0, 0.05) is 33.5 Å². The maximum atomic E-state index is 14.1. The lowest BCUT2D eigenvalue weighted by Crippen LogP contribution is -2.72. The van der Waals surface area contributed by atoms with Crippen LogP contribution < -0.4 is 20.3 Å². The van der Waals surface area contributed by atoms with Gasteiger partial charge in [0.15, 0.2) is 11.8 Å². The van der Waals surface area contributed by atoms with Gasteiger partial charge in [0.1, 0.15) is 40.3 Å². The largest absolute Gasteiger partial charge is 0.495 e. The van der Waals surface area contributed by atoms with Crippen LogP contribution in [0.2, 0.25) is 5.02 Å². The van der Waals surface area contributed by atoms with Crippen molar-refractivity contribution in [2.75, 3.05) is 71.1 Å². The van der Waals surface area contributed by atoms with Crippen LogP contribution in [0, 0.1) is 0 Å². The summed E-state index contributed by atoms with van der Waals surface area (Å²) in [5.41, 5.74) is -2.11. The SMILES string of the molecule is COc1cc2cc(c1Cl)N(C)C(=O)C[C@H](OC(=O)[C@H](C)OCCOCCOCCNC(=O)CBr)[C@@]1(C)CC(C)(O1)C1C[C@@](O)(NC(=O)O1)[C@H](OC)/C=C/C=C(\C)C2. The molecule has 2 saturated heterocycles. The van der Waals surface area contributed by atoms with Crippen LogP contribution in [0.5, 0.6) is 5.75 Å². The minimum Gasteiger partial charge on any atom is -0.495 e. The van der Waals surface area contributed by atoms with Crippen LogP contribution in [0.1, 0.15) is 52.5 Å². The Balaban J connectivity index is 1.53. The maximum Gasteiger partial charge on any atom is 0.409 e. The van der Waals surface area contributed by atoms with E-state index >= 15 is 0 Å². The summed E-state index contributed by atoms with van der Waals surface area (Å²) in [5, 5.41) is 17.4. The van der Waals surface area contributed by atoms with Crippen molar-refractivity contribution in [3.63, 3.8) is 0 Å². The van der Waals surface area contributed by atoms with Gasteiger partial charge in [0.05, 0.1) is 57.6 Å². The lowest BCUT2D eigenvalue weighted by Gasteiger charge is -2.59.